The molecular weight excluding hydrogens is 467 g/mol. The highest BCUT2D eigenvalue weighted by molar-refractivity contribution is 5.82. The smallest absolute Gasteiger partial charge is 0.276 e. The van der Waals surface area contributed by atoms with Crippen LogP contribution in [0, 0.1) is 0 Å². The van der Waals surface area contributed by atoms with Crippen LogP contribution in [-0.2, 0) is 18.5 Å². The fourth-order valence-corrected chi connectivity index (χ4v) is 5.34. The van der Waals surface area contributed by atoms with Crippen LogP contribution in [-0.4, -0.2) is 44.4 Å². The van der Waals surface area contributed by atoms with E-state index >= 15 is 0 Å². The highest BCUT2D eigenvalue weighted by Gasteiger charge is 2.31. The number of aromatic nitrogens is 4. The molecule has 2 aliphatic carbocycles. The van der Waals surface area contributed by atoms with Gasteiger partial charge in [-0.2, -0.15) is 0 Å². The molecule has 0 saturated heterocycles. The summed E-state index contributed by atoms with van der Waals surface area (Å²) in [6, 6.07) is 14.4. The van der Waals surface area contributed by atoms with Crippen molar-refractivity contribution >= 4 is 22.4 Å². The largest absolute Gasteiger partial charge is 0.340 e. The third-order valence-electron chi connectivity index (χ3n) is 7.63. The summed E-state index contributed by atoms with van der Waals surface area (Å²) in [5.74, 6) is 1.18. The minimum atomic E-state index is -1.59. The summed E-state index contributed by atoms with van der Waals surface area (Å²) in [6.45, 7) is 2.98. The first-order valence-electron chi connectivity index (χ1n) is 13.0. The second kappa shape index (κ2) is 8.80. The minimum Gasteiger partial charge on any atom is -0.340 e. The third-order valence-corrected chi connectivity index (χ3v) is 7.63. The number of fused-ring (bicyclic) bond motifs is 2. The first-order chi connectivity index (χ1) is 17.7. The SMILES string of the molecule is CN(C)C1CCc2cc(Nc3cc4c(cn3)c(=O)n(C3CC3)n4-c3cccc(C(C)(C)F)n3)ccc2C1. The molecule has 1 saturated carbocycles. The lowest BCUT2D eigenvalue weighted by Gasteiger charge is -2.30. The molecule has 4 aromatic rings. The molecule has 3 aromatic heterocycles. The van der Waals surface area contributed by atoms with Crippen molar-refractivity contribution in [3.05, 3.63) is 75.8 Å². The molecule has 8 heteroatoms. The van der Waals surface area contributed by atoms with E-state index in [4.69, 9.17) is 0 Å². The molecule has 37 heavy (non-hydrogen) atoms. The van der Waals surface area contributed by atoms with Crippen molar-refractivity contribution < 1.29 is 4.39 Å². The molecule has 0 spiro atoms. The molecule has 0 bridgehead atoms. The fraction of sp³-hybridized carbons (Fsp3) is 0.414. The average molecular weight is 501 g/mol. The lowest BCUT2D eigenvalue weighted by molar-refractivity contribution is 0.214. The van der Waals surface area contributed by atoms with Gasteiger partial charge in [0, 0.05) is 24.0 Å². The predicted octanol–water partition coefficient (Wildman–Crippen LogP) is 5.28. The molecule has 0 aliphatic heterocycles. The van der Waals surface area contributed by atoms with Crippen molar-refractivity contribution in [2.75, 3.05) is 19.4 Å². The van der Waals surface area contributed by atoms with Gasteiger partial charge < -0.3 is 10.2 Å². The molecule has 1 fully saturated rings. The van der Waals surface area contributed by atoms with Crippen LogP contribution in [0.3, 0.4) is 0 Å². The van der Waals surface area contributed by atoms with Gasteiger partial charge in [0.1, 0.15) is 11.5 Å². The number of anilines is 2. The Bertz CT molecular complexity index is 1540. The van der Waals surface area contributed by atoms with Gasteiger partial charge in [0.15, 0.2) is 5.82 Å². The number of hydrogen-bond donors (Lipinski definition) is 1. The number of nitrogens with one attached hydrogen (secondary N) is 1. The van der Waals surface area contributed by atoms with Crippen LogP contribution in [0.4, 0.5) is 15.9 Å². The van der Waals surface area contributed by atoms with Crippen molar-refractivity contribution in [1.82, 2.24) is 24.2 Å². The molecule has 7 nitrogen and oxygen atoms in total. The molecule has 6 rings (SSSR count). The zero-order valence-electron chi connectivity index (χ0n) is 21.8. The first kappa shape index (κ1) is 23.9. The normalized spacial score (nSPS) is 17.8. The Morgan fingerprint density at radius 2 is 1.89 bits per heavy atom. The summed E-state index contributed by atoms with van der Waals surface area (Å²) >= 11 is 0. The van der Waals surface area contributed by atoms with Gasteiger partial charge in [-0.25, -0.2) is 23.7 Å². The number of likely N-dealkylation sites (N-methyl/N-ethyl adjacent to an activating group) is 1. The number of aryl methyl sites for hydroxylation is 1. The van der Waals surface area contributed by atoms with Crippen LogP contribution < -0.4 is 10.9 Å². The first-order valence-corrected chi connectivity index (χ1v) is 13.0. The monoisotopic (exact) mass is 500 g/mol. The Kier molecular flexibility index (Phi) is 5.67. The minimum absolute atomic E-state index is 0.0903. The van der Waals surface area contributed by atoms with E-state index in [0.717, 1.165) is 37.8 Å². The van der Waals surface area contributed by atoms with E-state index in [1.807, 2.05) is 16.8 Å². The second-order valence-corrected chi connectivity index (χ2v) is 11.1. The van der Waals surface area contributed by atoms with Crippen LogP contribution >= 0.6 is 0 Å². The molecule has 1 N–H and O–H groups in total. The van der Waals surface area contributed by atoms with Gasteiger partial charge in [-0.1, -0.05) is 12.1 Å². The predicted molar refractivity (Wildman–Crippen MR) is 145 cm³/mol. The maximum Gasteiger partial charge on any atom is 0.276 e. The summed E-state index contributed by atoms with van der Waals surface area (Å²) in [4.78, 5) is 24.9. The highest BCUT2D eigenvalue weighted by Crippen LogP contribution is 2.36. The van der Waals surface area contributed by atoms with Crippen LogP contribution in [0.15, 0.2) is 53.5 Å². The van der Waals surface area contributed by atoms with Crippen LogP contribution in [0.25, 0.3) is 16.7 Å². The van der Waals surface area contributed by atoms with Crippen LogP contribution in [0.2, 0.25) is 0 Å². The summed E-state index contributed by atoms with van der Waals surface area (Å²) in [5.41, 5.74) is 3.11. The van der Waals surface area contributed by atoms with E-state index in [1.165, 1.54) is 25.0 Å². The van der Waals surface area contributed by atoms with E-state index in [2.05, 4.69) is 52.5 Å². The van der Waals surface area contributed by atoms with E-state index in [9.17, 15) is 9.18 Å². The van der Waals surface area contributed by atoms with Crippen molar-refractivity contribution in [2.45, 2.75) is 63.7 Å². The number of pyridine rings is 2. The van der Waals surface area contributed by atoms with Gasteiger partial charge in [-0.05, 0) is 95.4 Å². The Labute approximate surface area is 215 Å². The quantitative estimate of drug-likeness (QED) is 0.390. The number of alkyl halides is 1. The number of hydrogen-bond acceptors (Lipinski definition) is 5. The van der Waals surface area contributed by atoms with E-state index in [0.29, 0.717) is 34.3 Å². The molecule has 1 atom stereocenters. The molecule has 192 valence electrons. The zero-order valence-corrected chi connectivity index (χ0v) is 21.8. The molecule has 1 aromatic carbocycles. The Morgan fingerprint density at radius 3 is 2.62 bits per heavy atom. The third kappa shape index (κ3) is 4.44. The summed E-state index contributed by atoms with van der Waals surface area (Å²) in [5, 5.41) is 3.97. The van der Waals surface area contributed by atoms with Crippen molar-refractivity contribution in [3.63, 3.8) is 0 Å². The number of halogens is 1. The summed E-state index contributed by atoms with van der Waals surface area (Å²) in [7, 11) is 4.29. The lowest BCUT2D eigenvalue weighted by atomic mass is 9.87. The van der Waals surface area contributed by atoms with E-state index in [-0.39, 0.29) is 11.6 Å². The van der Waals surface area contributed by atoms with Gasteiger partial charge in [-0.3, -0.25) is 4.79 Å². The maximum atomic E-state index is 14.7. The topological polar surface area (TPSA) is 68.0 Å². The second-order valence-electron chi connectivity index (χ2n) is 11.1. The van der Waals surface area contributed by atoms with Gasteiger partial charge in [0.05, 0.1) is 22.6 Å². The summed E-state index contributed by atoms with van der Waals surface area (Å²) < 4.78 is 18.3. The van der Waals surface area contributed by atoms with Gasteiger partial charge in [0.25, 0.3) is 5.56 Å². The molecule has 0 amide bonds. The van der Waals surface area contributed by atoms with Crippen molar-refractivity contribution in [2.24, 2.45) is 0 Å². The molecule has 0 radical (unpaired) electrons. The number of nitrogens with zero attached hydrogens (tertiary/aromatic N) is 5. The molecule has 1 unspecified atom stereocenters. The summed E-state index contributed by atoms with van der Waals surface area (Å²) in [6.07, 6.45) is 6.78. The van der Waals surface area contributed by atoms with Gasteiger partial charge >= 0.3 is 0 Å². The van der Waals surface area contributed by atoms with Crippen molar-refractivity contribution in [1.29, 1.82) is 0 Å². The molecule has 2 aliphatic rings. The van der Waals surface area contributed by atoms with Gasteiger partial charge in [0.2, 0.25) is 0 Å². The van der Waals surface area contributed by atoms with Crippen LogP contribution in [0.5, 0.6) is 0 Å². The standard InChI is InChI=1S/C29H33FN6O/c1-29(2,30)25-6-5-7-27(33-25)36-24-16-26(31-17-23(24)28(37)35(36)21-12-13-21)32-20-10-8-19-15-22(34(3)4)11-9-18(19)14-20/h5-8,10,14,16-17,21-22H,9,11-13,15H2,1-4H3,(H,31,32). The molecular formula is C29H33FN6O. The van der Waals surface area contributed by atoms with Crippen LogP contribution in [0.1, 0.15) is 56.0 Å². The number of benzene rings is 1. The zero-order chi connectivity index (χ0) is 25.9. The maximum absolute atomic E-state index is 14.7. The fourth-order valence-electron chi connectivity index (χ4n) is 5.34. The Balaban J connectivity index is 1.39. The average Bonchev–Trinajstić information content (AvgIpc) is 3.67. The van der Waals surface area contributed by atoms with Crippen molar-refractivity contribution in [3.8, 4) is 5.82 Å². The molecule has 3 heterocycles. The lowest BCUT2D eigenvalue weighted by Crippen LogP contribution is -2.33. The van der Waals surface area contributed by atoms with E-state index < -0.39 is 5.67 Å². The number of rotatable bonds is 6. The van der Waals surface area contributed by atoms with Gasteiger partial charge in [-0.15, -0.1) is 0 Å². The Hall–Kier alpha value is -3.52. The van der Waals surface area contributed by atoms with E-state index in [1.54, 1.807) is 23.0 Å². The Morgan fingerprint density at radius 1 is 1.08 bits per heavy atom. The highest BCUT2D eigenvalue weighted by atomic mass is 19.1.